The fourth-order valence-electron chi connectivity index (χ4n) is 12.1. The maximum absolute atomic E-state index is 15.1. The van der Waals surface area contributed by atoms with Gasteiger partial charge in [0.15, 0.2) is 5.96 Å². The molecule has 10 atom stereocenters. The lowest BCUT2D eigenvalue weighted by atomic mass is 10.0. The van der Waals surface area contributed by atoms with E-state index >= 15 is 9.59 Å². The zero-order valence-electron chi connectivity index (χ0n) is 62.4. The van der Waals surface area contributed by atoms with Gasteiger partial charge >= 0.3 is 5.97 Å². The maximum Gasteiger partial charge on any atom is 0.325 e. The van der Waals surface area contributed by atoms with Crippen molar-refractivity contribution in [3.05, 3.63) is 155 Å². The second kappa shape index (κ2) is 43.7. The molecule has 0 saturated carbocycles. The number of hydrogen-bond donors (Lipinski definition) is 16. The van der Waals surface area contributed by atoms with Gasteiger partial charge in [0.05, 0.1) is 23.9 Å². The fourth-order valence-corrected chi connectivity index (χ4v) is 12.2. The summed E-state index contributed by atoms with van der Waals surface area (Å²) in [6.45, 7) is 4.69. The molecule has 0 unspecified atom stereocenters. The van der Waals surface area contributed by atoms with Gasteiger partial charge < -0.3 is 90.8 Å². The Morgan fingerprint density at radius 3 is 1.71 bits per heavy atom. The zero-order chi connectivity index (χ0) is 81.4. The van der Waals surface area contributed by atoms with E-state index < -0.39 is 144 Å². The Morgan fingerprint density at radius 1 is 0.562 bits per heavy atom. The predicted molar refractivity (Wildman–Crippen MR) is 410 cm³/mol. The van der Waals surface area contributed by atoms with Crippen LogP contribution in [0.15, 0.2) is 127 Å². The molecule has 37 heteroatoms. The summed E-state index contributed by atoms with van der Waals surface area (Å²) in [5.74, 6) is -11.7. The number of guanidine groups is 1. The summed E-state index contributed by atoms with van der Waals surface area (Å²) in [7, 11) is 0. The van der Waals surface area contributed by atoms with Crippen LogP contribution in [0.4, 0.5) is 5.82 Å². The van der Waals surface area contributed by atoms with Crippen molar-refractivity contribution in [3.63, 3.8) is 0 Å². The minimum absolute atomic E-state index is 0.0173. The number of aliphatic carboxylic acids is 1. The van der Waals surface area contributed by atoms with Gasteiger partial charge in [-0.2, -0.15) is 0 Å². The molecule has 19 N–H and O–H groups in total. The molecule has 1 fully saturated rings. The smallest absolute Gasteiger partial charge is 0.325 e. The van der Waals surface area contributed by atoms with Crippen LogP contribution in [-0.4, -0.2) is 216 Å². The lowest BCUT2D eigenvalue weighted by Crippen LogP contribution is -2.61. The number of likely N-dealkylation sites (tertiary alicyclic amines) is 1. The third kappa shape index (κ3) is 28.0. The minimum Gasteiger partial charge on any atom is -0.480 e. The van der Waals surface area contributed by atoms with E-state index in [2.05, 4.69) is 88.4 Å². The number of nitrogens with zero attached hydrogens (tertiary/aromatic N) is 7. The highest BCUT2D eigenvalue weighted by Gasteiger charge is 2.41. The van der Waals surface area contributed by atoms with Crippen LogP contribution in [-0.2, 0) is 72.0 Å². The highest BCUT2D eigenvalue weighted by atomic mass is 35.5. The van der Waals surface area contributed by atoms with Gasteiger partial charge in [0.1, 0.15) is 71.9 Å². The molecule has 598 valence electrons. The van der Waals surface area contributed by atoms with Crippen molar-refractivity contribution < 1.29 is 72.5 Å². The number of nitrogens with one attached hydrogen (secondary N) is 11. The number of amides is 12. The van der Waals surface area contributed by atoms with Gasteiger partial charge in [0.25, 0.3) is 11.8 Å². The monoisotopic (exact) mass is 1570 g/mol. The lowest BCUT2D eigenvalue weighted by molar-refractivity contribution is -0.144. The number of hydrogen-bond acceptors (Lipinski definition) is 21. The molecule has 6 aromatic rings. The van der Waals surface area contributed by atoms with Crippen molar-refractivity contribution in [3.8, 4) is 0 Å². The first-order valence-corrected chi connectivity index (χ1v) is 36.8. The number of carbonyl (C=O) groups excluding carboxylic acids is 12. The number of aliphatic hydroxyl groups excluding tert-OH is 1. The van der Waals surface area contributed by atoms with Crippen molar-refractivity contribution in [2.75, 3.05) is 38.5 Å². The number of carboxylic acid groups (broad SMARTS) is 1. The van der Waals surface area contributed by atoms with E-state index in [1.807, 2.05) is 30.3 Å². The molecule has 4 aromatic heterocycles. The van der Waals surface area contributed by atoms with Gasteiger partial charge in [-0.05, 0) is 130 Å². The van der Waals surface area contributed by atoms with Crippen LogP contribution in [0.1, 0.15) is 123 Å². The summed E-state index contributed by atoms with van der Waals surface area (Å²) in [6.07, 6.45) is 8.86. The average molecular weight is 1570 g/mol. The van der Waals surface area contributed by atoms with Crippen molar-refractivity contribution in [1.29, 1.82) is 0 Å². The van der Waals surface area contributed by atoms with E-state index in [0.29, 0.717) is 33.7 Å². The third-order valence-electron chi connectivity index (χ3n) is 17.9. The summed E-state index contributed by atoms with van der Waals surface area (Å²) < 4.78 is 0. The molecule has 112 heavy (non-hydrogen) atoms. The number of nitrogens with two attached hydrogens (primary N) is 3. The average Bonchev–Trinajstić information content (AvgIpc) is 1.52. The number of fused-ring (bicyclic) bond motifs is 1. The number of benzene rings is 2. The lowest BCUT2D eigenvalue weighted by Gasteiger charge is -2.31. The van der Waals surface area contributed by atoms with Crippen molar-refractivity contribution >= 4 is 111 Å². The molecule has 5 heterocycles. The number of halogens is 1. The normalized spacial score (nSPS) is 14.8. The van der Waals surface area contributed by atoms with Crippen LogP contribution in [0.5, 0.6) is 0 Å². The molecule has 36 nitrogen and oxygen atoms in total. The summed E-state index contributed by atoms with van der Waals surface area (Å²) in [5, 5.41) is 50.7. The summed E-state index contributed by atoms with van der Waals surface area (Å²) in [4.78, 5) is 208. The summed E-state index contributed by atoms with van der Waals surface area (Å²) in [6, 6.07) is 6.83. The number of aliphatic hydroxyl groups is 1. The quantitative estimate of drug-likeness (QED) is 0.0125. The molecule has 7 rings (SSSR count). The zero-order valence-corrected chi connectivity index (χ0v) is 63.1. The number of aromatic nitrogens is 5. The van der Waals surface area contributed by atoms with Crippen LogP contribution >= 0.6 is 11.6 Å². The van der Waals surface area contributed by atoms with Crippen LogP contribution in [0.25, 0.3) is 10.9 Å². The predicted octanol–water partition coefficient (Wildman–Crippen LogP) is -0.931. The number of para-hydroxylation sites is 1. The molecule has 0 aliphatic carbocycles. The van der Waals surface area contributed by atoms with Crippen LogP contribution in [0, 0.1) is 5.92 Å². The standard InChI is InChI=1S/C75H96ClN21O15/c1-42(2)32-55(67(104)92-54(17-10-28-85-75(78)79)73(110)97-31-11-18-61(97)72(109)88-43(3)74(111)112)93-66(103)53(15-8-26-83-63(100)49-21-24-62(77)87-39-49)90-65(102)52(16-9-27-84-64(101)59-40-81-29-30-82-59)91-71(108)60(41-98)96-70(107)58(35-46-12-7-25-80-37-46)95-69(106)57(34-45-19-22-50(76)23-20-45)94-68(105)56(89-44(4)99)36-47-33-48-13-5-6-14-51(48)86-38-47/h5-7,12-14,19-25,29-30,33,37-40,42-43,52-58,60-61,98H,8-11,15-18,26-28,31-32,34-36,41H2,1-4H3,(H2,77,87)(H,83,100)(H,84,101)(H,88,109)(H,89,99)(H,90,102)(H,91,108)(H,92,104)(H,93,103)(H,94,105)(H,95,106)(H,96,107)(H,111,112)(H4,78,79,85)/t43-,52-,53-,54-,55-,56-,57-,58-,60-,61+/m0/s1. The number of rotatable bonds is 42. The van der Waals surface area contributed by atoms with E-state index in [4.69, 9.17) is 28.8 Å². The molecule has 2 aromatic carbocycles. The molecule has 0 radical (unpaired) electrons. The van der Waals surface area contributed by atoms with E-state index in [0.717, 1.165) is 5.39 Å². The second-order valence-corrected chi connectivity index (χ2v) is 27.6. The van der Waals surface area contributed by atoms with Gasteiger partial charge in [-0.1, -0.05) is 61.8 Å². The number of pyridine rings is 3. The first kappa shape index (κ1) is 86.9. The Kier molecular flexibility index (Phi) is 33.9. The molecule has 1 saturated heterocycles. The Hall–Kier alpha value is -12.3. The number of nitrogen functional groups attached to an aromatic ring is 1. The molecule has 12 amide bonds. The highest BCUT2D eigenvalue weighted by Crippen LogP contribution is 2.22. The summed E-state index contributed by atoms with van der Waals surface area (Å²) >= 11 is 6.24. The summed E-state index contributed by atoms with van der Waals surface area (Å²) in [5.41, 5.74) is 19.2. The Balaban J connectivity index is 1.16. The van der Waals surface area contributed by atoms with E-state index in [1.54, 1.807) is 56.4 Å². The number of carbonyl (C=O) groups is 13. The van der Waals surface area contributed by atoms with Crippen molar-refractivity contribution in [1.82, 2.24) is 88.3 Å². The van der Waals surface area contributed by atoms with Crippen LogP contribution in [0.3, 0.4) is 0 Å². The largest absolute Gasteiger partial charge is 0.480 e. The first-order chi connectivity index (χ1) is 53.5. The topological polar surface area (TPSA) is 553 Å². The number of anilines is 1. The molecule has 0 spiro atoms. The molecule has 1 aliphatic heterocycles. The van der Waals surface area contributed by atoms with Gasteiger partial charge in [0.2, 0.25) is 59.1 Å². The van der Waals surface area contributed by atoms with Gasteiger partial charge in [-0.3, -0.25) is 82.3 Å². The molecule has 0 bridgehead atoms. The molecular weight excluding hydrogens is 1470 g/mol. The fraction of sp³-hybridized carbons (Fsp3) is 0.427. The first-order valence-electron chi connectivity index (χ1n) is 36.5. The molecular formula is C75H96ClN21O15. The Labute approximate surface area is 650 Å². The van der Waals surface area contributed by atoms with E-state index in [9.17, 15) is 63.0 Å². The highest BCUT2D eigenvalue weighted by molar-refractivity contribution is 6.30. The second-order valence-electron chi connectivity index (χ2n) is 27.2. The maximum atomic E-state index is 15.1. The van der Waals surface area contributed by atoms with Crippen LogP contribution in [0.2, 0.25) is 5.02 Å². The van der Waals surface area contributed by atoms with Crippen molar-refractivity contribution in [2.45, 2.75) is 165 Å². The van der Waals surface area contributed by atoms with E-state index in [-0.39, 0.29) is 126 Å². The molecule has 1 aliphatic rings. The van der Waals surface area contributed by atoms with Gasteiger partial charge in [-0.15, -0.1) is 0 Å². The van der Waals surface area contributed by atoms with Gasteiger partial charge in [0, 0.05) is 100.0 Å². The Bertz CT molecular complexity index is 4280. The van der Waals surface area contributed by atoms with Crippen LogP contribution < -0.4 is 75.7 Å². The van der Waals surface area contributed by atoms with Crippen molar-refractivity contribution in [2.24, 2.45) is 22.4 Å². The number of carboxylic acids is 1. The Morgan fingerprint density at radius 2 is 1.12 bits per heavy atom. The minimum atomic E-state index is -1.90. The third-order valence-corrected chi connectivity index (χ3v) is 18.1. The number of aliphatic imine (C=N–C) groups is 1. The van der Waals surface area contributed by atoms with Gasteiger partial charge in [-0.25, -0.2) is 9.97 Å². The SMILES string of the molecule is CC(=O)N[C@@H](Cc1cnc2ccccc2c1)C(=O)N[C@@H](Cc1ccc(Cl)cc1)C(=O)N[C@@H](Cc1cccnc1)C(=O)N[C@@H](CO)C(=O)N[C@@H](CCCNC(=O)c1cnccn1)C(=O)N[C@@H](CCCNC(=O)c1ccc(N)nc1)C(=O)N[C@@H](CC(C)C)C(=O)N[C@@H](CCCN=C(N)N)C(=O)N1CCC[C@@H]1C(=O)N[C@@H](C)C(=O)O. The van der Waals surface area contributed by atoms with E-state index in [1.165, 1.54) is 68.1 Å².